The fraction of sp³-hybridized carbons (Fsp3) is 0.429. The van der Waals surface area contributed by atoms with Crippen molar-refractivity contribution in [3.8, 4) is 22.8 Å². The summed E-state index contributed by atoms with van der Waals surface area (Å²) >= 11 is 0. The molecule has 10 nitrogen and oxygen atoms in total. The summed E-state index contributed by atoms with van der Waals surface area (Å²) in [4.78, 5) is 24.8. The van der Waals surface area contributed by atoms with Crippen LogP contribution < -0.4 is 21.3 Å². The lowest BCUT2D eigenvalue weighted by atomic mass is 10.2. The summed E-state index contributed by atoms with van der Waals surface area (Å²) in [5, 5.41) is 14.5. The number of hydrogen-bond acceptors (Lipinski definition) is 10. The van der Waals surface area contributed by atoms with Gasteiger partial charge in [-0.1, -0.05) is 24.3 Å². The lowest BCUT2D eigenvalue weighted by molar-refractivity contribution is 0.225. The average molecular weight is 607 g/mol. The van der Waals surface area contributed by atoms with Crippen LogP contribution in [0.2, 0.25) is 0 Å². The summed E-state index contributed by atoms with van der Waals surface area (Å²) in [6.07, 6.45) is 1.13. The van der Waals surface area contributed by atoms with Crippen molar-refractivity contribution in [2.75, 3.05) is 65.4 Å². The lowest BCUT2D eigenvalue weighted by Crippen LogP contribution is -2.40. The second-order valence-electron chi connectivity index (χ2n) is 11.8. The Hall–Kier alpha value is -3.64. The third kappa shape index (κ3) is 9.67. The zero-order valence-corrected chi connectivity index (χ0v) is 26.2. The van der Waals surface area contributed by atoms with E-state index in [-0.39, 0.29) is 0 Å². The van der Waals surface area contributed by atoms with Crippen LogP contribution in [0.4, 0.5) is 0 Å². The molecule has 0 unspecified atom stereocenters. The molecule has 10 bridgehead atoms. The highest BCUT2D eigenvalue weighted by molar-refractivity contribution is 5.55. The maximum absolute atomic E-state index is 4.91. The number of nitrogens with one attached hydrogen (secondary N) is 4. The van der Waals surface area contributed by atoms with Crippen LogP contribution in [-0.2, 0) is 26.2 Å². The van der Waals surface area contributed by atoms with Crippen molar-refractivity contribution in [3.63, 3.8) is 0 Å². The maximum Gasteiger partial charge on any atom is 0.0890 e. The molecular formula is C35H46N10. The van der Waals surface area contributed by atoms with Gasteiger partial charge in [-0.2, -0.15) is 0 Å². The second kappa shape index (κ2) is 16.6. The number of fused-ring (bicyclic) bond motifs is 14. The van der Waals surface area contributed by atoms with Gasteiger partial charge >= 0.3 is 0 Å². The van der Waals surface area contributed by atoms with E-state index in [0.717, 1.165) is 144 Å². The first-order valence-corrected chi connectivity index (χ1v) is 16.4. The Labute approximate surface area is 267 Å². The van der Waals surface area contributed by atoms with Gasteiger partial charge in [0.05, 0.1) is 45.6 Å². The smallest absolute Gasteiger partial charge is 0.0890 e. The predicted molar refractivity (Wildman–Crippen MR) is 179 cm³/mol. The van der Waals surface area contributed by atoms with Gasteiger partial charge in [-0.3, -0.25) is 0 Å². The Kier molecular flexibility index (Phi) is 11.6. The van der Waals surface area contributed by atoms with Gasteiger partial charge in [-0.05, 0) is 68.0 Å². The molecule has 0 saturated heterocycles. The van der Waals surface area contributed by atoms with Crippen molar-refractivity contribution in [2.24, 2.45) is 0 Å². The zero-order valence-electron chi connectivity index (χ0n) is 26.2. The molecule has 0 spiro atoms. The third-order valence-electron chi connectivity index (χ3n) is 8.34. The number of pyridine rings is 4. The summed E-state index contributed by atoms with van der Waals surface area (Å²) in [6, 6.07) is 24.9. The molecule has 4 aromatic heterocycles. The molecule has 6 heterocycles. The van der Waals surface area contributed by atoms with Gasteiger partial charge < -0.3 is 31.1 Å². The zero-order chi connectivity index (χ0) is 30.5. The third-order valence-corrected chi connectivity index (χ3v) is 8.34. The molecule has 10 heteroatoms. The Morgan fingerprint density at radius 3 is 0.956 bits per heavy atom. The van der Waals surface area contributed by atoms with Gasteiger partial charge in [0.15, 0.2) is 0 Å². The number of aromatic nitrogens is 4. The minimum absolute atomic E-state index is 0.737. The van der Waals surface area contributed by atoms with Gasteiger partial charge in [0, 0.05) is 78.5 Å². The second-order valence-corrected chi connectivity index (χ2v) is 11.8. The first-order valence-electron chi connectivity index (χ1n) is 16.4. The van der Waals surface area contributed by atoms with E-state index in [4.69, 9.17) is 19.9 Å². The van der Waals surface area contributed by atoms with Crippen molar-refractivity contribution in [3.05, 3.63) is 95.6 Å². The normalized spacial score (nSPS) is 21.0. The van der Waals surface area contributed by atoms with E-state index in [2.05, 4.69) is 79.6 Å². The molecule has 0 aliphatic carbocycles. The van der Waals surface area contributed by atoms with E-state index in [0.29, 0.717) is 0 Å². The maximum atomic E-state index is 4.91. The summed E-state index contributed by atoms with van der Waals surface area (Å²) in [5.74, 6) is 0. The van der Waals surface area contributed by atoms with Crippen molar-refractivity contribution < 1.29 is 0 Å². The van der Waals surface area contributed by atoms with Crippen LogP contribution in [-0.4, -0.2) is 95.2 Å². The molecule has 0 radical (unpaired) electrons. The molecule has 2 aliphatic heterocycles. The molecular weight excluding hydrogens is 560 g/mol. The molecule has 0 aromatic carbocycles. The SMILES string of the molecule is c1cc2nc(c1)-c1cccc(n1)CNCCN1CCCN(CCNC2)CCNCc2cccc(n2)-c2cccc(n2)CNCC1. The summed E-state index contributed by atoms with van der Waals surface area (Å²) in [5.41, 5.74) is 7.82. The van der Waals surface area contributed by atoms with E-state index >= 15 is 0 Å². The molecule has 2 aliphatic rings. The van der Waals surface area contributed by atoms with Gasteiger partial charge in [-0.25, -0.2) is 19.9 Å². The van der Waals surface area contributed by atoms with E-state index < -0.39 is 0 Å². The highest BCUT2D eigenvalue weighted by atomic mass is 15.2. The van der Waals surface area contributed by atoms with E-state index in [1.54, 1.807) is 0 Å². The number of hydrogen-bond donors (Lipinski definition) is 4. The Bertz CT molecular complexity index is 1280. The first-order chi connectivity index (χ1) is 22.3. The van der Waals surface area contributed by atoms with Crippen molar-refractivity contribution in [2.45, 2.75) is 32.6 Å². The molecule has 0 atom stereocenters. The fourth-order valence-electron chi connectivity index (χ4n) is 5.89. The summed E-state index contributed by atoms with van der Waals surface area (Å²) in [6.45, 7) is 12.7. The van der Waals surface area contributed by atoms with Gasteiger partial charge in [-0.15, -0.1) is 0 Å². The minimum Gasteiger partial charge on any atom is -0.310 e. The number of nitrogens with zero attached hydrogens (tertiary/aromatic N) is 6. The first kappa shape index (κ1) is 31.3. The topological polar surface area (TPSA) is 106 Å². The molecule has 236 valence electrons. The number of rotatable bonds is 0. The van der Waals surface area contributed by atoms with E-state index in [9.17, 15) is 0 Å². The van der Waals surface area contributed by atoms with E-state index in [1.807, 2.05) is 24.3 Å². The molecule has 0 amide bonds. The largest absolute Gasteiger partial charge is 0.310 e. The van der Waals surface area contributed by atoms with Crippen molar-refractivity contribution in [1.29, 1.82) is 0 Å². The predicted octanol–water partition coefficient (Wildman–Crippen LogP) is 2.68. The van der Waals surface area contributed by atoms with Crippen LogP contribution >= 0.6 is 0 Å². The monoisotopic (exact) mass is 606 g/mol. The molecule has 0 saturated carbocycles. The van der Waals surface area contributed by atoms with Crippen LogP contribution in [0.5, 0.6) is 0 Å². The highest BCUT2D eigenvalue weighted by Crippen LogP contribution is 2.17. The Morgan fingerprint density at radius 1 is 0.378 bits per heavy atom. The molecule has 0 fully saturated rings. The van der Waals surface area contributed by atoms with Gasteiger partial charge in [0.1, 0.15) is 0 Å². The van der Waals surface area contributed by atoms with Crippen LogP contribution in [0, 0.1) is 0 Å². The van der Waals surface area contributed by atoms with Gasteiger partial charge in [0.25, 0.3) is 0 Å². The van der Waals surface area contributed by atoms with Gasteiger partial charge in [0.2, 0.25) is 0 Å². The molecule has 6 rings (SSSR count). The summed E-state index contributed by atoms with van der Waals surface area (Å²) < 4.78 is 0. The molecule has 45 heavy (non-hydrogen) atoms. The van der Waals surface area contributed by atoms with Crippen molar-refractivity contribution >= 4 is 0 Å². The van der Waals surface area contributed by atoms with Crippen LogP contribution in [0.3, 0.4) is 0 Å². The average Bonchev–Trinajstić information content (AvgIpc) is 3.08. The summed E-state index contributed by atoms with van der Waals surface area (Å²) in [7, 11) is 0. The molecule has 4 aromatic rings. The van der Waals surface area contributed by atoms with Crippen LogP contribution in [0.15, 0.2) is 72.8 Å². The van der Waals surface area contributed by atoms with Crippen molar-refractivity contribution in [1.82, 2.24) is 51.0 Å². The van der Waals surface area contributed by atoms with Crippen LogP contribution in [0.1, 0.15) is 29.2 Å². The minimum atomic E-state index is 0.737. The highest BCUT2D eigenvalue weighted by Gasteiger charge is 2.11. The Morgan fingerprint density at radius 2 is 0.667 bits per heavy atom. The fourth-order valence-corrected chi connectivity index (χ4v) is 5.89. The lowest BCUT2D eigenvalue weighted by Gasteiger charge is -2.26. The molecule has 4 N–H and O–H groups in total. The quantitative estimate of drug-likeness (QED) is 0.239. The Balaban J connectivity index is 1.17. The standard InChI is InChI=1S/C35H46N10/c1-6-28-24-36-14-20-44-18-5-19-45(22-15-37-25-29-7-2-11-33(41-29)32(10-1)40-28)23-17-39-27-31-9-4-13-35(43-31)34-12-3-8-30(42-34)26-38-16-21-44/h1-4,6-13,36-39H,5,14-27H2. The van der Waals surface area contributed by atoms with E-state index in [1.165, 1.54) is 0 Å². The van der Waals surface area contributed by atoms with Crippen LogP contribution in [0.25, 0.3) is 22.8 Å².